The third-order valence-corrected chi connectivity index (χ3v) is 3.25. The number of nitrogens with one attached hydrogen (secondary N) is 1. The Morgan fingerprint density at radius 3 is 2.50 bits per heavy atom. The fourth-order valence-corrected chi connectivity index (χ4v) is 2.26. The number of halogens is 2. The Kier molecular flexibility index (Phi) is 4.79. The van der Waals surface area contributed by atoms with Gasteiger partial charge in [0, 0.05) is 30.4 Å². The van der Waals surface area contributed by atoms with Crippen molar-refractivity contribution in [2.24, 2.45) is 0 Å². The van der Waals surface area contributed by atoms with Gasteiger partial charge in [-0.1, -0.05) is 13.0 Å². The molecule has 2 rings (SSSR count). The van der Waals surface area contributed by atoms with E-state index in [9.17, 15) is 8.78 Å². The van der Waals surface area contributed by atoms with Crippen LogP contribution in [0.15, 0.2) is 36.5 Å². The number of hydrogen-bond donors (Lipinski definition) is 1. The van der Waals surface area contributed by atoms with E-state index in [1.807, 2.05) is 26.0 Å². The van der Waals surface area contributed by atoms with Crippen molar-refractivity contribution in [1.82, 2.24) is 10.3 Å². The molecular formula is C16H18F2N2. The first-order valence-electron chi connectivity index (χ1n) is 6.70. The maximum Gasteiger partial charge on any atom is 0.126 e. The third kappa shape index (κ3) is 3.61. The molecule has 0 aliphatic rings. The minimum absolute atomic E-state index is 0.154. The second-order valence-electron chi connectivity index (χ2n) is 4.78. The molecule has 2 aromatic rings. The molecule has 106 valence electrons. The Labute approximate surface area is 117 Å². The lowest BCUT2D eigenvalue weighted by Crippen LogP contribution is -2.24. The first-order valence-corrected chi connectivity index (χ1v) is 6.70. The Morgan fingerprint density at radius 1 is 1.20 bits per heavy atom. The number of nitrogens with zero attached hydrogens (tertiary/aromatic N) is 1. The highest BCUT2D eigenvalue weighted by Gasteiger charge is 2.15. The largest absolute Gasteiger partial charge is 0.310 e. The van der Waals surface area contributed by atoms with Crippen LogP contribution in [0.4, 0.5) is 8.78 Å². The van der Waals surface area contributed by atoms with Crippen LogP contribution in [0.1, 0.15) is 29.8 Å². The first-order chi connectivity index (χ1) is 9.60. The molecule has 2 nitrogen and oxygen atoms in total. The van der Waals surface area contributed by atoms with Crippen LogP contribution in [-0.2, 0) is 6.42 Å². The molecule has 0 aliphatic heterocycles. The van der Waals surface area contributed by atoms with Gasteiger partial charge >= 0.3 is 0 Å². The summed E-state index contributed by atoms with van der Waals surface area (Å²) in [4.78, 5) is 4.34. The molecule has 0 amide bonds. The number of likely N-dealkylation sites (N-methyl/N-ethyl adjacent to an activating group) is 1. The summed E-state index contributed by atoms with van der Waals surface area (Å²) in [5.74, 6) is -1.11. The summed E-state index contributed by atoms with van der Waals surface area (Å²) in [6.45, 7) is 4.67. The van der Waals surface area contributed by atoms with Gasteiger partial charge in [0.1, 0.15) is 11.6 Å². The van der Waals surface area contributed by atoms with Gasteiger partial charge in [0.25, 0.3) is 0 Å². The molecule has 1 aromatic heterocycles. The molecule has 0 bridgehead atoms. The zero-order valence-electron chi connectivity index (χ0n) is 11.7. The van der Waals surface area contributed by atoms with E-state index in [1.165, 1.54) is 12.1 Å². The van der Waals surface area contributed by atoms with E-state index in [2.05, 4.69) is 10.3 Å². The summed E-state index contributed by atoms with van der Waals surface area (Å²) in [6, 6.07) is 7.33. The molecule has 1 N–H and O–H groups in total. The predicted octanol–water partition coefficient (Wildman–Crippen LogP) is 3.56. The van der Waals surface area contributed by atoms with Crippen molar-refractivity contribution < 1.29 is 8.78 Å². The third-order valence-electron chi connectivity index (χ3n) is 3.25. The fraction of sp³-hybridized carbons (Fsp3) is 0.312. The van der Waals surface area contributed by atoms with Crippen molar-refractivity contribution in [2.45, 2.75) is 26.3 Å². The highest BCUT2D eigenvalue weighted by atomic mass is 19.1. The summed E-state index contributed by atoms with van der Waals surface area (Å²) in [5.41, 5.74) is 2.62. The average Bonchev–Trinajstić information content (AvgIpc) is 2.39. The molecule has 0 radical (unpaired) electrons. The molecule has 0 spiro atoms. The van der Waals surface area contributed by atoms with Gasteiger partial charge < -0.3 is 5.32 Å². The molecule has 1 aromatic carbocycles. The molecule has 0 saturated carbocycles. The van der Waals surface area contributed by atoms with Crippen LogP contribution in [0.25, 0.3) is 0 Å². The molecule has 0 fully saturated rings. The van der Waals surface area contributed by atoms with Crippen LogP contribution < -0.4 is 5.32 Å². The van der Waals surface area contributed by atoms with Crippen molar-refractivity contribution in [3.63, 3.8) is 0 Å². The summed E-state index contributed by atoms with van der Waals surface area (Å²) in [5, 5.41) is 3.26. The van der Waals surface area contributed by atoms with Crippen LogP contribution in [0, 0.1) is 18.6 Å². The predicted molar refractivity (Wildman–Crippen MR) is 75.5 cm³/mol. The van der Waals surface area contributed by atoms with E-state index in [0.29, 0.717) is 18.5 Å². The number of aryl methyl sites for hydroxylation is 1. The number of benzene rings is 1. The summed E-state index contributed by atoms with van der Waals surface area (Å²) >= 11 is 0. The highest BCUT2D eigenvalue weighted by Crippen LogP contribution is 2.21. The van der Waals surface area contributed by atoms with Crippen LogP contribution in [0.5, 0.6) is 0 Å². The topological polar surface area (TPSA) is 24.9 Å². The standard InChI is InChI=1S/C16H18F2N2/c1-3-19-16(10-15-11(2)5-4-6-20-15)12-7-13(17)9-14(18)8-12/h4-9,16,19H,3,10H2,1-2H3. The number of pyridine rings is 1. The Hall–Kier alpha value is -1.81. The Morgan fingerprint density at radius 2 is 1.90 bits per heavy atom. The minimum Gasteiger partial charge on any atom is -0.310 e. The smallest absolute Gasteiger partial charge is 0.126 e. The van der Waals surface area contributed by atoms with Crippen molar-refractivity contribution in [3.8, 4) is 0 Å². The van der Waals surface area contributed by atoms with Crippen LogP contribution in [-0.4, -0.2) is 11.5 Å². The van der Waals surface area contributed by atoms with E-state index in [1.54, 1.807) is 6.20 Å². The second-order valence-corrected chi connectivity index (χ2v) is 4.78. The zero-order valence-corrected chi connectivity index (χ0v) is 11.7. The first kappa shape index (κ1) is 14.6. The average molecular weight is 276 g/mol. The van der Waals surface area contributed by atoms with E-state index in [-0.39, 0.29) is 6.04 Å². The number of hydrogen-bond acceptors (Lipinski definition) is 2. The van der Waals surface area contributed by atoms with Gasteiger partial charge in [-0.3, -0.25) is 4.98 Å². The van der Waals surface area contributed by atoms with E-state index in [4.69, 9.17) is 0 Å². The van der Waals surface area contributed by atoms with Gasteiger partial charge in [-0.2, -0.15) is 0 Å². The highest BCUT2D eigenvalue weighted by molar-refractivity contribution is 5.25. The van der Waals surface area contributed by atoms with E-state index < -0.39 is 11.6 Å². The molecule has 1 unspecified atom stereocenters. The monoisotopic (exact) mass is 276 g/mol. The molecular weight excluding hydrogens is 258 g/mol. The fourth-order valence-electron chi connectivity index (χ4n) is 2.26. The lowest BCUT2D eigenvalue weighted by Gasteiger charge is -2.19. The molecule has 0 saturated heterocycles. The molecule has 20 heavy (non-hydrogen) atoms. The van der Waals surface area contributed by atoms with Gasteiger partial charge in [0.05, 0.1) is 0 Å². The Balaban J connectivity index is 2.29. The molecule has 4 heteroatoms. The van der Waals surface area contributed by atoms with Gasteiger partial charge in [-0.25, -0.2) is 8.78 Å². The summed E-state index contributed by atoms with van der Waals surface area (Å²) in [7, 11) is 0. The lowest BCUT2D eigenvalue weighted by molar-refractivity contribution is 0.524. The number of aromatic nitrogens is 1. The van der Waals surface area contributed by atoms with Gasteiger partial charge in [-0.15, -0.1) is 0 Å². The van der Waals surface area contributed by atoms with E-state index in [0.717, 1.165) is 17.3 Å². The van der Waals surface area contributed by atoms with Gasteiger partial charge in [-0.05, 0) is 42.8 Å². The normalized spacial score (nSPS) is 12.4. The molecule has 1 heterocycles. The maximum absolute atomic E-state index is 13.4. The van der Waals surface area contributed by atoms with Crippen LogP contribution in [0.2, 0.25) is 0 Å². The zero-order chi connectivity index (χ0) is 14.5. The van der Waals surface area contributed by atoms with Crippen LogP contribution in [0.3, 0.4) is 0 Å². The quantitative estimate of drug-likeness (QED) is 0.903. The van der Waals surface area contributed by atoms with Crippen molar-refractivity contribution >= 4 is 0 Å². The van der Waals surface area contributed by atoms with Crippen molar-refractivity contribution in [1.29, 1.82) is 0 Å². The van der Waals surface area contributed by atoms with Crippen LogP contribution >= 0.6 is 0 Å². The number of rotatable bonds is 5. The summed E-state index contributed by atoms with van der Waals surface area (Å²) < 4.78 is 26.7. The van der Waals surface area contributed by atoms with Crippen molar-refractivity contribution in [3.05, 3.63) is 65.0 Å². The minimum atomic E-state index is -0.555. The maximum atomic E-state index is 13.4. The van der Waals surface area contributed by atoms with E-state index >= 15 is 0 Å². The molecule has 0 aliphatic carbocycles. The Bertz CT molecular complexity index is 564. The van der Waals surface area contributed by atoms with Gasteiger partial charge in [0.15, 0.2) is 0 Å². The molecule has 1 atom stereocenters. The van der Waals surface area contributed by atoms with Gasteiger partial charge in [0.2, 0.25) is 0 Å². The SMILES string of the molecule is CCNC(Cc1ncccc1C)c1cc(F)cc(F)c1. The van der Waals surface area contributed by atoms with Crippen molar-refractivity contribution in [2.75, 3.05) is 6.54 Å². The second kappa shape index (κ2) is 6.57. The summed E-state index contributed by atoms with van der Waals surface area (Å²) in [6.07, 6.45) is 2.33. The lowest BCUT2D eigenvalue weighted by atomic mass is 9.99.